The van der Waals surface area contributed by atoms with E-state index in [1.807, 2.05) is 24.3 Å². The first-order valence-corrected chi connectivity index (χ1v) is 11.7. The van der Waals surface area contributed by atoms with Crippen molar-refractivity contribution in [2.24, 2.45) is 11.8 Å². The molecule has 1 heterocycles. The van der Waals surface area contributed by atoms with Crippen LogP contribution in [0.5, 0.6) is 0 Å². The van der Waals surface area contributed by atoms with Gasteiger partial charge in [0.2, 0.25) is 5.91 Å². The Morgan fingerprint density at radius 1 is 1.00 bits per heavy atom. The van der Waals surface area contributed by atoms with Crippen molar-refractivity contribution in [3.63, 3.8) is 0 Å². The molecule has 34 heavy (non-hydrogen) atoms. The van der Waals surface area contributed by atoms with Crippen LogP contribution in [0.4, 0.5) is 4.79 Å². The van der Waals surface area contributed by atoms with Crippen LogP contribution in [0.15, 0.2) is 48.5 Å². The van der Waals surface area contributed by atoms with Gasteiger partial charge in [-0.1, -0.05) is 48.5 Å². The van der Waals surface area contributed by atoms with Crippen LogP contribution >= 0.6 is 0 Å². The highest BCUT2D eigenvalue weighted by molar-refractivity contribution is 5.89. The summed E-state index contributed by atoms with van der Waals surface area (Å²) in [5, 5.41) is 15.1. The van der Waals surface area contributed by atoms with Crippen molar-refractivity contribution in [3.8, 4) is 11.1 Å². The lowest BCUT2D eigenvalue weighted by molar-refractivity contribution is -0.152. The number of carbonyl (C=O) groups is 3. The molecule has 0 aromatic heterocycles. The Bertz CT molecular complexity index is 1060. The van der Waals surface area contributed by atoms with E-state index >= 15 is 0 Å². The molecule has 2 aliphatic carbocycles. The third kappa shape index (κ3) is 4.25. The predicted molar refractivity (Wildman–Crippen MR) is 123 cm³/mol. The van der Waals surface area contributed by atoms with E-state index in [1.165, 1.54) is 11.1 Å². The summed E-state index contributed by atoms with van der Waals surface area (Å²) in [6.45, 7) is 1.17. The van der Waals surface area contributed by atoms with Crippen LogP contribution in [0.25, 0.3) is 11.1 Å². The normalized spacial score (nSPS) is 22.2. The molecule has 3 aliphatic rings. The lowest BCUT2D eigenvalue weighted by atomic mass is 9.90. The van der Waals surface area contributed by atoms with Crippen molar-refractivity contribution in [2.45, 2.75) is 30.7 Å². The van der Waals surface area contributed by atoms with Crippen molar-refractivity contribution in [3.05, 3.63) is 59.7 Å². The van der Waals surface area contributed by atoms with Gasteiger partial charge in [-0.2, -0.15) is 0 Å². The molecule has 0 spiro atoms. The Kier molecular flexibility index (Phi) is 6.00. The second-order valence-corrected chi connectivity index (χ2v) is 9.30. The molecule has 178 valence electrons. The van der Waals surface area contributed by atoms with Crippen LogP contribution in [0, 0.1) is 11.8 Å². The number of rotatable bonds is 7. The SMILES string of the molecule is O=C(NC[C@H]1C[C@H]1C(=O)NC1(C(=O)O)CCOCC1)OCC1c2ccccc2-c2ccccc21. The molecule has 0 unspecified atom stereocenters. The highest BCUT2D eigenvalue weighted by atomic mass is 16.5. The summed E-state index contributed by atoms with van der Waals surface area (Å²) in [5.74, 6) is -1.63. The van der Waals surface area contributed by atoms with Gasteiger partial charge < -0.3 is 25.2 Å². The number of aliphatic carboxylic acids is 1. The van der Waals surface area contributed by atoms with Gasteiger partial charge in [0, 0.05) is 44.4 Å². The van der Waals surface area contributed by atoms with E-state index in [4.69, 9.17) is 9.47 Å². The van der Waals surface area contributed by atoms with Gasteiger partial charge in [-0.05, 0) is 34.6 Å². The quantitative estimate of drug-likeness (QED) is 0.581. The number of fused-ring (bicyclic) bond motifs is 3. The van der Waals surface area contributed by atoms with E-state index < -0.39 is 17.6 Å². The van der Waals surface area contributed by atoms with Crippen molar-refractivity contribution < 1.29 is 29.0 Å². The highest BCUT2D eigenvalue weighted by Gasteiger charge is 2.48. The van der Waals surface area contributed by atoms with Crippen molar-refractivity contribution in [1.82, 2.24) is 10.6 Å². The molecule has 0 radical (unpaired) electrons. The molecule has 2 amide bonds. The summed E-state index contributed by atoms with van der Waals surface area (Å²) in [7, 11) is 0. The third-order valence-corrected chi connectivity index (χ3v) is 7.23. The number of hydrogen-bond acceptors (Lipinski definition) is 5. The largest absolute Gasteiger partial charge is 0.480 e. The molecule has 1 aliphatic heterocycles. The number of carbonyl (C=O) groups excluding carboxylic acids is 2. The Labute approximate surface area is 197 Å². The summed E-state index contributed by atoms with van der Waals surface area (Å²) in [4.78, 5) is 36.7. The zero-order valence-electron chi connectivity index (χ0n) is 18.8. The molecule has 2 aromatic carbocycles. The van der Waals surface area contributed by atoms with Gasteiger partial charge in [0.25, 0.3) is 0 Å². The molecule has 2 aromatic rings. The number of alkyl carbamates (subject to hydrolysis) is 1. The highest BCUT2D eigenvalue weighted by Crippen LogP contribution is 2.44. The average molecular weight is 465 g/mol. The minimum atomic E-state index is -1.26. The minimum Gasteiger partial charge on any atom is -0.480 e. The summed E-state index contributed by atoms with van der Waals surface area (Å²) >= 11 is 0. The van der Waals surface area contributed by atoms with E-state index in [2.05, 4.69) is 34.9 Å². The molecule has 8 nitrogen and oxygen atoms in total. The third-order valence-electron chi connectivity index (χ3n) is 7.23. The number of carboxylic acid groups (broad SMARTS) is 1. The van der Waals surface area contributed by atoms with Gasteiger partial charge in [0.05, 0.1) is 0 Å². The van der Waals surface area contributed by atoms with E-state index in [0.29, 0.717) is 26.2 Å². The fourth-order valence-corrected chi connectivity index (χ4v) is 5.10. The first-order chi connectivity index (χ1) is 16.5. The second-order valence-electron chi connectivity index (χ2n) is 9.30. The molecular weight excluding hydrogens is 436 g/mol. The maximum atomic E-state index is 12.6. The Balaban J connectivity index is 1.11. The van der Waals surface area contributed by atoms with Crippen molar-refractivity contribution >= 4 is 18.0 Å². The van der Waals surface area contributed by atoms with Gasteiger partial charge in [0.15, 0.2) is 0 Å². The molecule has 3 N–H and O–H groups in total. The van der Waals surface area contributed by atoms with Gasteiger partial charge in [-0.25, -0.2) is 9.59 Å². The van der Waals surface area contributed by atoms with Crippen molar-refractivity contribution in [1.29, 1.82) is 0 Å². The van der Waals surface area contributed by atoms with Gasteiger partial charge in [-0.15, -0.1) is 0 Å². The van der Waals surface area contributed by atoms with E-state index in [9.17, 15) is 19.5 Å². The van der Waals surface area contributed by atoms with Crippen LogP contribution in [-0.2, 0) is 19.1 Å². The molecule has 5 rings (SSSR count). The minimum absolute atomic E-state index is 0.00992. The van der Waals surface area contributed by atoms with Gasteiger partial charge in [0.1, 0.15) is 12.1 Å². The molecule has 1 saturated heterocycles. The topological polar surface area (TPSA) is 114 Å². The zero-order valence-corrected chi connectivity index (χ0v) is 18.8. The monoisotopic (exact) mass is 464 g/mol. The lowest BCUT2D eigenvalue weighted by Crippen LogP contribution is -2.58. The van der Waals surface area contributed by atoms with Gasteiger partial charge in [-0.3, -0.25) is 4.79 Å². The van der Waals surface area contributed by atoms with Crippen molar-refractivity contribution in [2.75, 3.05) is 26.4 Å². The van der Waals surface area contributed by atoms with E-state index in [-0.39, 0.29) is 43.1 Å². The zero-order chi connectivity index (χ0) is 23.7. The van der Waals surface area contributed by atoms with Crippen LogP contribution in [0.1, 0.15) is 36.3 Å². The first-order valence-electron chi connectivity index (χ1n) is 11.7. The van der Waals surface area contributed by atoms with Crippen LogP contribution in [0.3, 0.4) is 0 Å². The van der Waals surface area contributed by atoms with E-state index in [1.54, 1.807) is 0 Å². The fourth-order valence-electron chi connectivity index (χ4n) is 5.10. The summed E-state index contributed by atoms with van der Waals surface area (Å²) in [6.07, 6.45) is 0.605. The standard InChI is InChI=1S/C26H28N2O6/c29-23(28-26(24(30)31)9-11-33-12-10-26)21-13-16(21)14-27-25(32)34-15-22-19-7-3-1-5-17(19)18-6-2-4-8-20(18)22/h1-8,16,21-22H,9-15H2,(H,27,32)(H,28,29)(H,30,31)/t16-,21-/m1/s1. The number of nitrogens with one attached hydrogen (secondary N) is 2. The summed E-state index contributed by atoms with van der Waals surface area (Å²) in [5.41, 5.74) is 3.37. The molecule has 1 saturated carbocycles. The number of carboxylic acids is 1. The van der Waals surface area contributed by atoms with Crippen LogP contribution in [-0.4, -0.2) is 55.0 Å². The number of ether oxygens (including phenoxy) is 2. The van der Waals surface area contributed by atoms with E-state index in [0.717, 1.165) is 11.1 Å². The number of amides is 2. The fraction of sp³-hybridized carbons (Fsp3) is 0.423. The molecule has 2 fully saturated rings. The Hall–Kier alpha value is -3.39. The maximum Gasteiger partial charge on any atom is 0.407 e. The van der Waals surface area contributed by atoms with Crippen LogP contribution < -0.4 is 10.6 Å². The van der Waals surface area contributed by atoms with Gasteiger partial charge >= 0.3 is 12.1 Å². The smallest absolute Gasteiger partial charge is 0.407 e. The Morgan fingerprint density at radius 3 is 2.24 bits per heavy atom. The second kappa shape index (κ2) is 9.10. The summed E-state index contributed by atoms with van der Waals surface area (Å²) in [6, 6.07) is 16.3. The molecular formula is C26H28N2O6. The number of benzene rings is 2. The Morgan fingerprint density at radius 2 is 1.62 bits per heavy atom. The predicted octanol–water partition coefficient (Wildman–Crippen LogP) is 2.91. The average Bonchev–Trinajstić information content (AvgIpc) is 3.57. The molecule has 0 bridgehead atoms. The molecule has 2 atom stereocenters. The first kappa shape index (κ1) is 22.4. The molecule has 8 heteroatoms. The maximum absolute atomic E-state index is 12.6. The lowest BCUT2D eigenvalue weighted by Gasteiger charge is -2.34. The summed E-state index contributed by atoms with van der Waals surface area (Å²) < 4.78 is 10.8. The van der Waals surface area contributed by atoms with Crippen LogP contribution in [0.2, 0.25) is 0 Å². The number of hydrogen-bond donors (Lipinski definition) is 3.